The summed E-state index contributed by atoms with van der Waals surface area (Å²) in [5.74, 6) is -0.808. The fourth-order valence-corrected chi connectivity index (χ4v) is 8.31. The van der Waals surface area contributed by atoms with Gasteiger partial charge in [0.1, 0.15) is 5.69 Å². The van der Waals surface area contributed by atoms with Gasteiger partial charge in [0, 0.05) is 66.4 Å². The summed E-state index contributed by atoms with van der Waals surface area (Å²) in [6, 6.07) is 35.7. The normalized spacial score (nSPS) is 14.6. The number of hydrogen-bond donors (Lipinski definition) is 3. The van der Waals surface area contributed by atoms with Crippen LogP contribution in [0.25, 0.3) is 11.1 Å². The van der Waals surface area contributed by atoms with Gasteiger partial charge < -0.3 is 15.1 Å². The van der Waals surface area contributed by atoms with Crippen molar-refractivity contribution in [2.45, 2.75) is 29.2 Å². The molecule has 0 aromatic heterocycles. The van der Waals surface area contributed by atoms with E-state index < -0.39 is 26.9 Å². The zero-order chi connectivity index (χ0) is 39.8. The van der Waals surface area contributed by atoms with Gasteiger partial charge in [-0.2, -0.15) is 12.6 Å². The number of anilines is 2. The fraction of sp³-hybridized carbons (Fsp3) is 0.262. The van der Waals surface area contributed by atoms with Crippen LogP contribution >= 0.6 is 24.2 Å². The van der Waals surface area contributed by atoms with E-state index in [4.69, 9.17) is 24.2 Å². The number of benzene rings is 5. The van der Waals surface area contributed by atoms with Crippen LogP contribution in [0.1, 0.15) is 33.2 Å². The molecule has 1 aliphatic rings. The van der Waals surface area contributed by atoms with Gasteiger partial charge in [-0.15, -0.1) is 0 Å². The number of nitro benzene ring substituents is 1. The fourth-order valence-electron chi connectivity index (χ4n) is 6.78. The van der Waals surface area contributed by atoms with Gasteiger partial charge in [0.25, 0.3) is 21.6 Å². The highest BCUT2D eigenvalue weighted by molar-refractivity contribution is 7.90. The molecule has 0 radical (unpaired) electrons. The summed E-state index contributed by atoms with van der Waals surface area (Å²) in [6.07, 6.45) is 0.562. The van der Waals surface area contributed by atoms with Crippen molar-refractivity contribution in [3.05, 3.63) is 153 Å². The van der Waals surface area contributed by atoms with Crippen LogP contribution in [0, 0.1) is 10.1 Å². The Morgan fingerprint density at radius 2 is 1.55 bits per heavy atom. The number of amides is 1. The van der Waals surface area contributed by atoms with Crippen LogP contribution in [0.4, 0.5) is 17.1 Å². The van der Waals surface area contributed by atoms with E-state index >= 15 is 0 Å². The second kappa shape index (κ2) is 18.4. The molecule has 1 aliphatic heterocycles. The largest absolute Gasteiger partial charge is 0.375 e. The summed E-state index contributed by atoms with van der Waals surface area (Å²) in [6.45, 7) is 4.73. The molecular formula is C42H45ClN6O5S2. The number of nitro groups is 1. The number of hydrogen-bond acceptors (Lipinski definition) is 10. The van der Waals surface area contributed by atoms with Crippen molar-refractivity contribution in [3.63, 3.8) is 0 Å². The SMILES string of the molecule is CN(C)CCC(Nc1cc(S(=O)(=O)NC(=O)c2ccc(N3CCN(Cc4ccccc4-c4ccc(Cl)cc4)CC3)cc2)ccc1[N+](=O)[O-])[C@H](S)c1ccccc1. The molecule has 2 N–H and O–H groups in total. The van der Waals surface area contributed by atoms with Gasteiger partial charge >= 0.3 is 0 Å². The third kappa shape index (κ3) is 10.3. The lowest BCUT2D eigenvalue weighted by molar-refractivity contribution is -0.384. The molecule has 2 atom stereocenters. The van der Waals surface area contributed by atoms with Gasteiger partial charge in [0.15, 0.2) is 0 Å². The van der Waals surface area contributed by atoms with E-state index in [9.17, 15) is 23.3 Å². The summed E-state index contributed by atoms with van der Waals surface area (Å²) in [5.41, 5.74) is 5.28. The number of thiol groups is 1. The van der Waals surface area contributed by atoms with Crippen molar-refractivity contribution >= 4 is 57.2 Å². The standard InChI is InChI=1S/C42H45ClN6O5S2/c1-46(2)23-22-38(41(55)31-8-4-3-5-9-31)44-39-28-36(20-21-40(39)49(51)52)56(53,54)45-42(50)32-14-18-35(19-15-32)48-26-24-47(25-27-48)29-33-10-6-7-11-37(33)30-12-16-34(43)17-13-30/h3-21,28,38,41,44,55H,22-27,29H2,1-2H3,(H,45,50)/t38?,41-/m1/s1. The van der Waals surface area contributed by atoms with Crippen LogP contribution in [0.2, 0.25) is 5.02 Å². The van der Waals surface area contributed by atoms with Gasteiger partial charge in [-0.25, -0.2) is 13.1 Å². The Balaban J connectivity index is 1.10. The maximum absolute atomic E-state index is 13.5. The Hall–Kier alpha value is -4.92. The Morgan fingerprint density at radius 3 is 2.21 bits per heavy atom. The van der Waals surface area contributed by atoms with Crippen molar-refractivity contribution in [3.8, 4) is 11.1 Å². The second-order valence-corrected chi connectivity index (χ2v) is 16.7. The number of nitrogens with zero attached hydrogens (tertiary/aromatic N) is 4. The molecule has 6 rings (SSSR count). The molecule has 0 saturated carbocycles. The van der Waals surface area contributed by atoms with E-state index in [2.05, 4.69) is 38.0 Å². The zero-order valence-electron chi connectivity index (χ0n) is 31.2. The Kier molecular flexibility index (Phi) is 13.3. The lowest BCUT2D eigenvalue weighted by Crippen LogP contribution is -2.46. The zero-order valence-corrected chi connectivity index (χ0v) is 33.7. The van der Waals surface area contributed by atoms with Crippen LogP contribution in [-0.2, 0) is 16.6 Å². The maximum Gasteiger partial charge on any atom is 0.292 e. The first-order valence-corrected chi connectivity index (χ1v) is 20.7. The van der Waals surface area contributed by atoms with Crippen molar-refractivity contribution in [1.82, 2.24) is 14.5 Å². The Labute approximate surface area is 338 Å². The van der Waals surface area contributed by atoms with Crippen LogP contribution in [0.3, 0.4) is 0 Å². The predicted molar refractivity (Wildman–Crippen MR) is 227 cm³/mol. The average molecular weight is 813 g/mol. The summed E-state index contributed by atoms with van der Waals surface area (Å²) in [5, 5.41) is 15.6. The monoisotopic (exact) mass is 812 g/mol. The van der Waals surface area contributed by atoms with Crippen LogP contribution < -0.4 is 14.9 Å². The number of halogens is 1. The predicted octanol–water partition coefficient (Wildman–Crippen LogP) is 7.76. The molecule has 56 heavy (non-hydrogen) atoms. The number of piperazine rings is 1. The molecule has 1 unspecified atom stereocenters. The maximum atomic E-state index is 13.5. The van der Waals surface area contributed by atoms with E-state index in [1.807, 2.05) is 91.8 Å². The molecule has 1 saturated heterocycles. The van der Waals surface area contributed by atoms with Gasteiger partial charge in [0.2, 0.25) is 0 Å². The Bertz CT molecular complexity index is 2230. The average Bonchev–Trinajstić information content (AvgIpc) is 3.20. The molecule has 1 amide bonds. The van der Waals surface area contributed by atoms with E-state index in [1.54, 1.807) is 12.1 Å². The molecule has 5 aromatic carbocycles. The first kappa shape index (κ1) is 40.7. The molecule has 11 nitrogen and oxygen atoms in total. The van der Waals surface area contributed by atoms with Crippen molar-refractivity contribution in [2.24, 2.45) is 0 Å². The first-order valence-electron chi connectivity index (χ1n) is 18.3. The molecule has 0 spiro atoms. The number of sulfonamides is 1. The number of carbonyl (C=O) groups excluding carboxylic acids is 1. The van der Waals surface area contributed by atoms with E-state index in [0.717, 1.165) is 61.7 Å². The minimum Gasteiger partial charge on any atom is -0.375 e. The second-order valence-electron chi connectivity index (χ2n) is 14.0. The van der Waals surface area contributed by atoms with E-state index in [-0.39, 0.29) is 27.1 Å². The molecule has 5 aromatic rings. The molecule has 0 bridgehead atoms. The minimum atomic E-state index is -4.40. The quantitative estimate of drug-likeness (QED) is 0.0552. The van der Waals surface area contributed by atoms with Crippen LogP contribution in [0.15, 0.2) is 126 Å². The summed E-state index contributed by atoms with van der Waals surface area (Å²) >= 11 is 11.0. The number of carbonyl (C=O) groups is 1. The van der Waals surface area contributed by atoms with Gasteiger partial charge in [0.05, 0.1) is 9.82 Å². The van der Waals surface area contributed by atoms with Crippen molar-refractivity contribution < 1.29 is 18.1 Å². The molecule has 14 heteroatoms. The molecule has 292 valence electrons. The van der Waals surface area contributed by atoms with Crippen molar-refractivity contribution in [2.75, 3.05) is 57.0 Å². The highest BCUT2D eigenvalue weighted by atomic mass is 35.5. The molecule has 0 aliphatic carbocycles. The summed E-state index contributed by atoms with van der Waals surface area (Å²) < 4.78 is 29.2. The Morgan fingerprint density at radius 1 is 0.893 bits per heavy atom. The van der Waals surface area contributed by atoms with Gasteiger partial charge in [-0.3, -0.25) is 19.8 Å². The van der Waals surface area contributed by atoms with Crippen LogP contribution in [-0.4, -0.2) is 81.9 Å². The summed E-state index contributed by atoms with van der Waals surface area (Å²) in [4.78, 5) is 31.1. The molecular weight excluding hydrogens is 768 g/mol. The number of rotatable bonds is 15. The lowest BCUT2D eigenvalue weighted by Gasteiger charge is -2.36. The van der Waals surface area contributed by atoms with Crippen molar-refractivity contribution in [1.29, 1.82) is 0 Å². The molecule has 1 heterocycles. The third-order valence-electron chi connectivity index (χ3n) is 9.89. The highest BCUT2D eigenvalue weighted by Crippen LogP contribution is 2.34. The van der Waals surface area contributed by atoms with Gasteiger partial charge in [-0.1, -0.05) is 78.3 Å². The minimum absolute atomic E-state index is 0.0132. The lowest BCUT2D eigenvalue weighted by atomic mass is 9.99. The number of nitrogens with one attached hydrogen (secondary N) is 2. The third-order valence-corrected chi connectivity index (χ3v) is 12.1. The van der Waals surface area contributed by atoms with Crippen LogP contribution in [0.5, 0.6) is 0 Å². The van der Waals surface area contributed by atoms with E-state index in [1.165, 1.54) is 17.2 Å². The molecule has 1 fully saturated rings. The topological polar surface area (TPSA) is 128 Å². The summed E-state index contributed by atoms with van der Waals surface area (Å²) in [7, 11) is -0.558. The smallest absolute Gasteiger partial charge is 0.292 e. The van der Waals surface area contributed by atoms with E-state index in [0.29, 0.717) is 18.0 Å². The van der Waals surface area contributed by atoms with Gasteiger partial charge in [-0.05, 0) is 97.8 Å². The highest BCUT2D eigenvalue weighted by Gasteiger charge is 2.27. The first-order chi connectivity index (χ1) is 26.9.